The monoisotopic (exact) mass is 260 g/mol. The van der Waals surface area contributed by atoms with Gasteiger partial charge in [-0.25, -0.2) is 4.98 Å². The Morgan fingerprint density at radius 2 is 1.84 bits per heavy atom. The van der Waals surface area contributed by atoms with Gasteiger partial charge in [-0.05, 0) is 25.0 Å². The van der Waals surface area contributed by atoms with E-state index >= 15 is 0 Å². The fraction of sp³-hybridized carbons (Fsp3) is 0.571. The van der Waals surface area contributed by atoms with Crippen molar-refractivity contribution in [3.8, 4) is 0 Å². The van der Waals surface area contributed by atoms with E-state index in [0.29, 0.717) is 5.69 Å². The van der Waals surface area contributed by atoms with Crippen LogP contribution in [-0.2, 0) is 0 Å². The smallest absolute Gasteiger partial charge is 0.272 e. The quantitative estimate of drug-likeness (QED) is 0.851. The van der Waals surface area contributed by atoms with Gasteiger partial charge in [0.1, 0.15) is 5.69 Å². The summed E-state index contributed by atoms with van der Waals surface area (Å²) < 4.78 is 0. The molecule has 0 aliphatic carbocycles. The Labute approximate surface area is 113 Å². The molecule has 1 amide bonds. The fourth-order valence-electron chi connectivity index (χ4n) is 2.70. The van der Waals surface area contributed by atoms with Crippen LogP contribution < -0.4 is 10.2 Å². The zero-order chi connectivity index (χ0) is 13.1. The molecule has 5 heteroatoms. The molecule has 0 aromatic carbocycles. The lowest BCUT2D eigenvalue weighted by Crippen LogP contribution is -2.43. The van der Waals surface area contributed by atoms with Crippen molar-refractivity contribution < 1.29 is 4.79 Å². The standard InChI is InChI=1S/C14H20N4O/c19-14(18-7-1-2-8-18)13-4-3-12(11-16-13)17-9-5-15-6-10-17/h3-4,11,15H,1-2,5-10H2. The van der Waals surface area contributed by atoms with Crippen LogP contribution in [0.15, 0.2) is 18.3 Å². The molecule has 1 aromatic heterocycles. The summed E-state index contributed by atoms with van der Waals surface area (Å²) in [4.78, 5) is 20.7. The molecule has 2 aliphatic rings. The predicted octanol–water partition coefficient (Wildman–Crippen LogP) is 0.727. The Morgan fingerprint density at radius 1 is 1.11 bits per heavy atom. The molecule has 1 aromatic rings. The molecule has 3 heterocycles. The first-order valence-electron chi connectivity index (χ1n) is 7.05. The molecule has 0 bridgehead atoms. The number of likely N-dealkylation sites (tertiary alicyclic amines) is 1. The zero-order valence-electron chi connectivity index (χ0n) is 11.1. The summed E-state index contributed by atoms with van der Waals surface area (Å²) in [5.41, 5.74) is 1.68. The maximum absolute atomic E-state index is 12.2. The van der Waals surface area contributed by atoms with Crippen molar-refractivity contribution in [2.45, 2.75) is 12.8 Å². The summed E-state index contributed by atoms with van der Waals surface area (Å²) >= 11 is 0. The van der Waals surface area contributed by atoms with Crippen molar-refractivity contribution in [1.82, 2.24) is 15.2 Å². The lowest BCUT2D eigenvalue weighted by molar-refractivity contribution is 0.0787. The van der Waals surface area contributed by atoms with Crippen molar-refractivity contribution in [3.63, 3.8) is 0 Å². The van der Waals surface area contributed by atoms with Gasteiger partial charge in [-0.3, -0.25) is 4.79 Å². The summed E-state index contributed by atoms with van der Waals surface area (Å²) in [6, 6.07) is 3.87. The minimum Gasteiger partial charge on any atom is -0.368 e. The van der Waals surface area contributed by atoms with Crippen molar-refractivity contribution in [2.75, 3.05) is 44.2 Å². The second-order valence-corrected chi connectivity index (χ2v) is 5.14. The summed E-state index contributed by atoms with van der Waals surface area (Å²) in [7, 11) is 0. The summed E-state index contributed by atoms with van der Waals surface area (Å²) in [5, 5.41) is 3.33. The molecule has 0 radical (unpaired) electrons. The van der Waals surface area contributed by atoms with Crippen LogP contribution in [0.1, 0.15) is 23.3 Å². The van der Waals surface area contributed by atoms with E-state index in [1.165, 1.54) is 0 Å². The van der Waals surface area contributed by atoms with Gasteiger partial charge in [-0.2, -0.15) is 0 Å². The fourth-order valence-corrected chi connectivity index (χ4v) is 2.70. The number of piperazine rings is 1. The lowest BCUT2D eigenvalue weighted by Gasteiger charge is -2.29. The SMILES string of the molecule is O=C(c1ccc(N2CCNCC2)cn1)N1CCCC1. The van der Waals surface area contributed by atoms with E-state index in [9.17, 15) is 4.79 Å². The average molecular weight is 260 g/mol. The Balaban J connectivity index is 1.69. The number of nitrogens with zero attached hydrogens (tertiary/aromatic N) is 3. The third-order valence-electron chi connectivity index (χ3n) is 3.84. The first kappa shape index (κ1) is 12.4. The number of amides is 1. The number of rotatable bonds is 2. The van der Waals surface area contributed by atoms with Crippen LogP contribution in [0.25, 0.3) is 0 Å². The molecule has 3 rings (SSSR count). The number of aromatic nitrogens is 1. The molecule has 5 nitrogen and oxygen atoms in total. The van der Waals surface area contributed by atoms with Gasteiger partial charge in [0, 0.05) is 39.3 Å². The van der Waals surface area contributed by atoms with Crippen LogP contribution in [0.2, 0.25) is 0 Å². The Hall–Kier alpha value is -1.62. The number of carbonyl (C=O) groups is 1. The summed E-state index contributed by atoms with van der Waals surface area (Å²) in [5.74, 6) is 0.0735. The van der Waals surface area contributed by atoms with Gasteiger partial charge in [0.25, 0.3) is 5.91 Å². The van der Waals surface area contributed by atoms with Gasteiger partial charge < -0.3 is 15.1 Å². The molecule has 0 spiro atoms. The van der Waals surface area contributed by atoms with Gasteiger partial charge in [-0.1, -0.05) is 0 Å². The van der Waals surface area contributed by atoms with Crippen molar-refractivity contribution in [3.05, 3.63) is 24.0 Å². The number of pyridine rings is 1. The predicted molar refractivity (Wildman–Crippen MR) is 74.5 cm³/mol. The molecule has 19 heavy (non-hydrogen) atoms. The van der Waals surface area contributed by atoms with Crippen molar-refractivity contribution in [2.24, 2.45) is 0 Å². The highest BCUT2D eigenvalue weighted by atomic mass is 16.2. The molecule has 1 N–H and O–H groups in total. The third kappa shape index (κ3) is 2.71. The second-order valence-electron chi connectivity index (χ2n) is 5.14. The van der Waals surface area contributed by atoms with Gasteiger partial charge in [-0.15, -0.1) is 0 Å². The highest BCUT2D eigenvalue weighted by Crippen LogP contribution is 2.16. The minimum absolute atomic E-state index is 0.0735. The maximum Gasteiger partial charge on any atom is 0.272 e. The van der Waals surface area contributed by atoms with E-state index in [2.05, 4.69) is 15.2 Å². The van der Waals surface area contributed by atoms with E-state index in [-0.39, 0.29) is 5.91 Å². The number of hydrogen-bond acceptors (Lipinski definition) is 4. The van der Waals surface area contributed by atoms with E-state index in [4.69, 9.17) is 0 Å². The molecule has 2 saturated heterocycles. The number of nitrogens with one attached hydrogen (secondary N) is 1. The molecule has 102 valence electrons. The Bertz CT molecular complexity index is 433. The first-order chi connectivity index (χ1) is 9.34. The van der Waals surface area contributed by atoms with E-state index in [1.807, 2.05) is 23.2 Å². The highest BCUT2D eigenvalue weighted by molar-refractivity contribution is 5.92. The largest absolute Gasteiger partial charge is 0.368 e. The highest BCUT2D eigenvalue weighted by Gasteiger charge is 2.20. The lowest BCUT2D eigenvalue weighted by atomic mass is 10.2. The van der Waals surface area contributed by atoms with Crippen molar-refractivity contribution >= 4 is 11.6 Å². The van der Waals surface area contributed by atoms with E-state index < -0.39 is 0 Å². The molecule has 2 aliphatic heterocycles. The summed E-state index contributed by atoms with van der Waals surface area (Å²) in [6.07, 6.45) is 4.06. The number of carbonyl (C=O) groups excluding carboxylic acids is 1. The summed E-state index contributed by atoms with van der Waals surface area (Å²) in [6.45, 7) is 5.77. The molecule has 0 unspecified atom stereocenters. The van der Waals surface area contributed by atoms with Crippen LogP contribution in [0.3, 0.4) is 0 Å². The Kier molecular flexibility index (Phi) is 3.64. The van der Waals surface area contributed by atoms with Crippen molar-refractivity contribution in [1.29, 1.82) is 0 Å². The number of hydrogen-bond donors (Lipinski definition) is 1. The third-order valence-corrected chi connectivity index (χ3v) is 3.84. The van der Waals surface area contributed by atoms with Gasteiger partial charge in [0.15, 0.2) is 0 Å². The van der Waals surface area contributed by atoms with Crippen LogP contribution in [-0.4, -0.2) is 55.1 Å². The first-order valence-corrected chi connectivity index (χ1v) is 7.05. The average Bonchev–Trinajstić information content (AvgIpc) is 3.02. The number of anilines is 1. The van der Waals surface area contributed by atoms with Gasteiger partial charge in [0.2, 0.25) is 0 Å². The molecule has 2 fully saturated rings. The minimum atomic E-state index is 0.0735. The van der Waals surface area contributed by atoms with Crippen LogP contribution in [0.5, 0.6) is 0 Å². The normalized spacial score (nSPS) is 19.8. The van der Waals surface area contributed by atoms with Crippen LogP contribution in [0.4, 0.5) is 5.69 Å². The van der Waals surface area contributed by atoms with Crippen LogP contribution >= 0.6 is 0 Å². The Morgan fingerprint density at radius 3 is 2.47 bits per heavy atom. The maximum atomic E-state index is 12.2. The van der Waals surface area contributed by atoms with Gasteiger partial charge in [0.05, 0.1) is 11.9 Å². The van der Waals surface area contributed by atoms with E-state index in [1.54, 1.807) is 0 Å². The zero-order valence-corrected chi connectivity index (χ0v) is 11.1. The van der Waals surface area contributed by atoms with Crippen LogP contribution in [0, 0.1) is 0 Å². The topological polar surface area (TPSA) is 48.5 Å². The van der Waals surface area contributed by atoms with Gasteiger partial charge >= 0.3 is 0 Å². The molecule has 0 saturated carbocycles. The second kappa shape index (κ2) is 5.57. The molecular formula is C14H20N4O. The van der Waals surface area contributed by atoms with E-state index in [0.717, 1.165) is 57.8 Å². The molecular weight excluding hydrogens is 240 g/mol. The molecule has 0 atom stereocenters.